The third-order valence-corrected chi connectivity index (χ3v) is 5.26. The molecule has 1 aromatic rings. The van der Waals surface area contributed by atoms with E-state index in [1.165, 1.54) is 31.2 Å². The predicted octanol–water partition coefficient (Wildman–Crippen LogP) is 1.86. The molecule has 2 fully saturated rings. The second-order valence-electron chi connectivity index (χ2n) is 7.49. The van der Waals surface area contributed by atoms with E-state index >= 15 is 0 Å². The second-order valence-corrected chi connectivity index (χ2v) is 7.49. The van der Waals surface area contributed by atoms with E-state index in [2.05, 4.69) is 21.4 Å². The van der Waals surface area contributed by atoms with E-state index in [0.717, 1.165) is 17.7 Å². The Morgan fingerprint density at radius 3 is 2.55 bits per heavy atom. The van der Waals surface area contributed by atoms with Crippen LogP contribution in [0.15, 0.2) is 24.3 Å². The minimum absolute atomic E-state index is 0.0544. The van der Waals surface area contributed by atoms with Crippen molar-refractivity contribution in [2.24, 2.45) is 5.92 Å². The number of nitriles is 1. The van der Waals surface area contributed by atoms with E-state index < -0.39 is 42.1 Å². The van der Waals surface area contributed by atoms with Gasteiger partial charge in [-0.15, -0.1) is 0 Å². The summed E-state index contributed by atoms with van der Waals surface area (Å²) in [6.45, 7) is -0.441. The maximum atomic E-state index is 12.9. The lowest BCUT2D eigenvalue weighted by Gasteiger charge is -2.25. The zero-order valence-electron chi connectivity index (χ0n) is 15.9. The Bertz CT molecular complexity index is 881. The monoisotopic (exact) mass is 406 g/mol. The van der Waals surface area contributed by atoms with Crippen molar-refractivity contribution in [2.45, 2.75) is 44.4 Å². The number of urea groups is 1. The van der Waals surface area contributed by atoms with Gasteiger partial charge < -0.3 is 15.4 Å². The van der Waals surface area contributed by atoms with Crippen LogP contribution >= 0.6 is 0 Å². The molecule has 2 aliphatic rings. The molecular formula is C19H20F2N4O4. The minimum Gasteiger partial charge on any atom is -0.435 e. The number of imide groups is 1. The Kier molecular flexibility index (Phi) is 5.17. The number of carbonyl (C=O) groups excluding carboxylic acids is 3. The topological polar surface area (TPSA) is 112 Å². The van der Waals surface area contributed by atoms with Gasteiger partial charge >= 0.3 is 12.6 Å². The van der Waals surface area contributed by atoms with E-state index in [-0.39, 0.29) is 11.7 Å². The molecule has 4 amide bonds. The first kappa shape index (κ1) is 20.5. The Labute approximate surface area is 165 Å². The van der Waals surface area contributed by atoms with Gasteiger partial charge in [0, 0.05) is 0 Å². The number of rotatable bonds is 7. The number of halogens is 2. The van der Waals surface area contributed by atoms with Crippen molar-refractivity contribution in [1.29, 1.82) is 5.26 Å². The first-order chi connectivity index (χ1) is 13.6. The van der Waals surface area contributed by atoms with Crippen molar-refractivity contribution in [1.82, 2.24) is 15.5 Å². The average molecular weight is 406 g/mol. The fraction of sp³-hybridized carbons (Fsp3) is 0.474. The summed E-state index contributed by atoms with van der Waals surface area (Å²) in [5.41, 5.74) is -2.16. The third kappa shape index (κ3) is 3.99. The quantitative estimate of drug-likeness (QED) is 0.672. The number of nitrogens with one attached hydrogen (secondary N) is 2. The number of benzene rings is 1. The maximum absolute atomic E-state index is 12.9. The van der Waals surface area contributed by atoms with Gasteiger partial charge in [-0.3, -0.25) is 14.5 Å². The van der Waals surface area contributed by atoms with Crippen LogP contribution in [0.3, 0.4) is 0 Å². The summed E-state index contributed by atoms with van der Waals surface area (Å²) in [5, 5.41) is 14.5. The first-order valence-electron chi connectivity index (χ1n) is 9.01. The summed E-state index contributed by atoms with van der Waals surface area (Å²) in [4.78, 5) is 38.3. The maximum Gasteiger partial charge on any atom is 0.387 e. The molecule has 29 heavy (non-hydrogen) atoms. The van der Waals surface area contributed by atoms with Gasteiger partial charge in [-0.05, 0) is 50.3 Å². The molecule has 1 saturated carbocycles. The lowest BCUT2D eigenvalue weighted by atomic mass is 9.92. The number of amides is 4. The highest BCUT2D eigenvalue weighted by Gasteiger charge is 2.50. The van der Waals surface area contributed by atoms with Gasteiger partial charge in [0.1, 0.15) is 23.4 Å². The molecule has 2 N–H and O–H groups in total. The van der Waals surface area contributed by atoms with Crippen LogP contribution in [0.25, 0.3) is 0 Å². The molecule has 1 aromatic carbocycles. The van der Waals surface area contributed by atoms with Crippen LogP contribution < -0.4 is 15.4 Å². The highest BCUT2D eigenvalue weighted by atomic mass is 19.3. The molecule has 0 aromatic heterocycles. The van der Waals surface area contributed by atoms with Gasteiger partial charge in [0.2, 0.25) is 5.91 Å². The van der Waals surface area contributed by atoms with E-state index in [1.54, 1.807) is 6.92 Å². The second kappa shape index (κ2) is 7.31. The van der Waals surface area contributed by atoms with Crippen LogP contribution in [0.4, 0.5) is 13.6 Å². The zero-order valence-corrected chi connectivity index (χ0v) is 15.9. The molecule has 1 heterocycles. The fourth-order valence-corrected chi connectivity index (χ4v) is 3.36. The van der Waals surface area contributed by atoms with Gasteiger partial charge in [0.05, 0.1) is 6.07 Å². The molecule has 3 rings (SSSR count). The summed E-state index contributed by atoms with van der Waals surface area (Å²) in [6, 6.07) is 6.61. The van der Waals surface area contributed by atoms with Crippen LogP contribution in [0, 0.1) is 17.2 Å². The molecule has 1 saturated heterocycles. The van der Waals surface area contributed by atoms with Crippen molar-refractivity contribution in [3.8, 4) is 11.8 Å². The lowest BCUT2D eigenvalue weighted by molar-refractivity contribution is -0.135. The zero-order chi connectivity index (χ0) is 21.4. The van der Waals surface area contributed by atoms with Crippen LogP contribution in [-0.2, 0) is 15.1 Å². The largest absolute Gasteiger partial charge is 0.435 e. The first-order valence-corrected chi connectivity index (χ1v) is 9.01. The van der Waals surface area contributed by atoms with Crippen molar-refractivity contribution in [3.63, 3.8) is 0 Å². The number of hydrogen-bond acceptors (Lipinski definition) is 5. The highest BCUT2D eigenvalue weighted by Crippen LogP contribution is 2.39. The smallest absolute Gasteiger partial charge is 0.387 e. The number of alkyl halides is 2. The van der Waals surface area contributed by atoms with Crippen molar-refractivity contribution in [2.75, 3.05) is 6.54 Å². The molecule has 154 valence electrons. The number of carbonyl (C=O) groups is 3. The minimum atomic E-state index is -2.98. The molecule has 0 bridgehead atoms. The third-order valence-electron chi connectivity index (χ3n) is 5.26. The summed E-state index contributed by atoms with van der Waals surface area (Å²) in [5.74, 6) is -1.31. The number of hydrogen-bond donors (Lipinski definition) is 2. The molecule has 0 radical (unpaired) electrons. The summed E-state index contributed by atoms with van der Waals surface area (Å²) < 4.78 is 28.8. The summed E-state index contributed by atoms with van der Waals surface area (Å²) in [7, 11) is 0. The van der Waals surface area contributed by atoms with Crippen LogP contribution in [0.5, 0.6) is 5.75 Å². The van der Waals surface area contributed by atoms with Crippen molar-refractivity contribution >= 4 is 17.8 Å². The van der Waals surface area contributed by atoms with E-state index in [4.69, 9.17) is 0 Å². The van der Waals surface area contributed by atoms with Gasteiger partial charge in [0.15, 0.2) is 0 Å². The Hall–Kier alpha value is -3.22. The van der Waals surface area contributed by atoms with E-state index in [9.17, 15) is 28.4 Å². The Morgan fingerprint density at radius 1 is 1.41 bits per heavy atom. The average Bonchev–Trinajstić information content (AvgIpc) is 3.48. The fourth-order valence-electron chi connectivity index (χ4n) is 3.36. The molecule has 1 aliphatic carbocycles. The van der Waals surface area contributed by atoms with E-state index in [0.29, 0.717) is 5.56 Å². The highest BCUT2D eigenvalue weighted by molar-refractivity contribution is 6.09. The summed E-state index contributed by atoms with van der Waals surface area (Å²) in [6.07, 6.45) is 1.66. The molecule has 0 spiro atoms. The van der Waals surface area contributed by atoms with Gasteiger partial charge in [0.25, 0.3) is 5.91 Å². The number of nitrogens with zero attached hydrogens (tertiary/aromatic N) is 2. The molecule has 0 unspecified atom stereocenters. The Balaban J connectivity index is 1.71. The molecule has 8 nitrogen and oxygen atoms in total. The van der Waals surface area contributed by atoms with Crippen LogP contribution in [0.2, 0.25) is 0 Å². The Morgan fingerprint density at radius 2 is 2.03 bits per heavy atom. The van der Waals surface area contributed by atoms with Crippen molar-refractivity contribution < 1.29 is 27.9 Å². The van der Waals surface area contributed by atoms with Crippen LogP contribution in [-0.4, -0.2) is 41.4 Å². The SMILES string of the molecule is C[C@@]1(c2ccc(OC(F)F)cc2)NC(=O)N(CC(=O)N[C@@](C)(C#N)C2CC2)C1=O. The van der Waals surface area contributed by atoms with E-state index in [1.807, 2.05) is 0 Å². The van der Waals surface area contributed by atoms with Gasteiger partial charge in [-0.25, -0.2) is 4.79 Å². The van der Waals surface area contributed by atoms with Crippen LogP contribution in [0.1, 0.15) is 32.3 Å². The molecule has 10 heteroatoms. The van der Waals surface area contributed by atoms with Gasteiger partial charge in [-0.2, -0.15) is 14.0 Å². The normalized spacial score (nSPS) is 23.4. The lowest BCUT2D eigenvalue weighted by Crippen LogP contribution is -2.51. The molecule has 1 aliphatic heterocycles. The van der Waals surface area contributed by atoms with Gasteiger partial charge in [-0.1, -0.05) is 12.1 Å². The number of ether oxygens (including phenoxy) is 1. The molecular weight excluding hydrogens is 386 g/mol. The van der Waals surface area contributed by atoms with Crippen molar-refractivity contribution in [3.05, 3.63) is 29.8 Å². The molecule has 2 atom stereocenters. The predicted molar refractivity (Wildman–Crippen MR) is 95.6 cm³/mol. The standard InChI is InChI=1S/C19H20F2N4O4/c1-18(10-22,11-3-4-11)23-14(26)9-25-15(27)19(2,24-17(25)28)12-5-7-13(8-6-12)29-16(20)21/h5-8,11,16H,3-4,9H2,1-2H3,(H,23,26)(H,24,28)/t18-,19-/m0/s1. The summed E-state index contributed by atoms with van der Waals surface area (Å²) >= 11 is 0.